The summed E-state index contributed by atoms with van der Waals surface area (Å²) >= 11 is 12.2. The van der Waals surface area contributed by atoms with E-state index in [0.717, 1.165) is 32.4 Å². The standard InChI is InChI=1S/C28H29Cl2N5O3/c1-17-14-21-24(16-34(17)26(37)19-8-11-22(29)23(30)15-19)32-28(33-12-4-3-5-13-33)35(27(21)38)20-9-6-18(7-10-20)25(36)31-2/h6-11,15,17H,3-5,12-14,16H2,1-2H3,(H,31,36)/t17-/m1/s1. The molecule has 5 rings (SSSR count). The van der Waals surface area contributed by atoms with Crippen molar-refractivity contribution in [3.63, 3.8) is 0 Å². The number of anilines is 1. The number of rotatable bonds is 4. The van der Waals surface area contributed by atoms with Crippen LogP contribution in [0.4, 0.5) is 5.95 Å². The van der Waals surface area contributed by atoms with Gasteiger partial charge in [-0.1, -0.05) is 23.2 Å². The van der Waals surface area contributed by atoms with Gasteiger partial charge in [-0.15, -0.1) is 0 Å². The van der Waals surface area contributed by atoms with Crippen LogP contribution in [0.3, 0.4) is 0 Å². The zero-order valence-electron chi connectivity index (χ0n) is 21.3. The topological polar surface area (TPSA) is 87.5 Å². The molecule has 2 aliphatic heterocycles. The van der Waals surface area contributed by atoms with Gasteiger partial charge in [-0.3, -0.25) is 14.4 Å². The first kappa shape index (κ1) is 26.3. The quantitative estimate of drug-likeness (QED) is 0.514. The van der Waals surface area contributed by atoms with Crippen molar-refractivity contribution in [3.8, 4) is 5.69 Å². The van der Waals surface area contributed by atoms with Crippen molar-refractivity contribution >= 4 is 41.0 Å². The lowest BCUT2D eigenvalue weighted by Gasteiger charge is -2.36. The molecule has 0 unspecified atom stereocenters. The molecule has 38 heavy (non-hydrogen) atoms. The Hall–Kier alpha value is -3.36. The van der Waals surface area contributed by atoms with E-state index >= 15 is 0 Å². The van der Waals surface area contributed by atoms with E-state index < -0.39 is 0 Å². The summed E-state index contributed by atoms with van der Waals surface area (Å²) in [6.07, 6.45) is 3.55. The van der Waals surface area contributed by atoms with Crippen LogP contribution in [0, 0.1) is 0 Å². The number of benzene rings is 2. The van der Waals surface area contributed by atoms with Crippen LogP contribution < -0.4 is 15.8 Å². The lowest BCUT2D eigenvalue weighted by atomic mass is 9.98. The van der Waals surface area contributed by atoms with E-state index in [2.05, 4.69) is 10.2 Å². The Balaban J connectivity index is 1.57. The van der Waals surface area contributed by atoms with Crippen LogP contribution in [0.1, 0.15) is 58.2 Å². The molecule has 8 nitrogen and oxygen atoms in total. The van der Waals surface area contributed by atoms with E-state index in [1.165, 1.54) is 0 Å². The maximum absolute atomic E-state index is 14.0. The second kappa shape index (κ2) is 10.8. The maximum atomic E-state index is 14.0. The van der Waals surface area contributed by atoms with Crippen LogP contribution >= 0.6 is 23.2 Å². The monoisotopic (exact) mass is 553 g/mol. The average molecular weight is 554 g/mol. The molecule has 1 aromatic heterocycles. The largest absolute Gasteiger partial charge is 0.355 e. The van der Waals surface area contributed by atoms with Gasteiger partial charge >= 0.3 is 0 Å². The minimum atomic E-state index is -0.219. The molecule has 2 aliphatic rings. The number of nitrogens with one attached hydrogen (secondary N) is 1. The molecular formula is C28H29Cl2N5O3. The Morgan fingerprint density at radius 3 is 2.32 bits per heavy atom. The van der Waals surface area contributed by atoms with Gasteiger partial charge in [0.25, 0.3) is 17.4 Å². The lowest BCUT2D eigenvalue weighted by Crippen LogP contribution is -2.47. The van der Waals surface area contributed by atoms with E-state index in [1.54, 1.807) is 59.0 Å². The van der Waals surface area contributed by atoms with E-state index in [4.69, 9.17) is 28.2 Å². The summed E-state index contributed by atoms with van der Waals surface area (Å²) in [6, 6.07) is 11.6. The average Bonchev–Trinajstić information content (AvgIpc) is 2.94. The molecule has 1 atom stereocenters. The number of halogens is 2. The Kier molecular flexibility index (Phi) is 7.45. The SMILES string of the molecule is CNC(=O)c1ccc(-n2c(N3CCCCC3)nc3c(c2=O)C[C@@H](C)N(C(=O)c2ccc(Cl)c(Cl)c2)C3)cc1. The van der Waals surface area contributed by atoms with Crippen molar-refractivity contribution in [2.24, 2.45) is 0 Å². The molecule has 2 amide bonds. The minimum Gasteiger partial charge on any atom is -0.355 e. The van der Waals surface area contributed by atoms with Crippen LogP contribution in [0.15, 0.2) is 47.3 Å². The van der Waals surface area contributed by atoms with Crippen molar-refractivity contribution < 1.29 is 9.59 Å². The summed E-state index contributed by atoms with van der Waals surface area (Å²) in [5, 5.41) is 3.32. The van der Waals surface area contributed by atoms with E-state index in [9.17, 15) is 14.4 Å². The zero-order chi connectivity index (χ0) is 27.0. The van der Waals surface area contributed by atoms with Gasteiger partial charge < -0.3 is 15.1 Å². The summed E-state index contributed by atoms with van der Waals surface area (Å²) in [4.78, 5) is 48.4. The van der Waals surface area contributed by atoms with Gasteiger partial charge in [-0.05, 0) is 75.1 Å². The molecule has 3 aromatic rings. The number of hydrogen-bond donors (Lipinski definition) is 1. The van der Waals surface area contributed by atoms with Crippen molar-refractivity contribution in [3.05, 3.63) is 85.2 Å². The summed E-state index contributed by atoms with van der Waals surface area (Å²) in [5.41, 5.74) is 2.68. The number of nitrogens with zero attached hydrogens (tertiary/aromatic N) is 4. The molecule has 1 saturated heterocycles. The Morgan fingerprint density at radius 1 is 0.974 bits per heavy atom. The number of piperidine rings is 1. The van der Waals surface area contributed by atoms with Gasteiger partial charge in [-0.25, -0.2) is 9.55 Å². The van der Waals surface area contributed by atoms with Crippen LogP contribution in [0.2, 0.25) is 10.0 Å². The van der Waals surface area contributed by atoms with Gasteiger partial charge in [-0.2, -0.15) is 0 Å². The first-order valence-electron chi connectivity index (χ1n) is 12.8. The number of carbonyl (C=O) groups is 2. The number of amides is 2. The van der Waals surface area contributed by atoms with Crippen molar-refractivity contribution in [2.75, 3.05) is 25.0 Å². The van der Waals surface area contributed by atoms with Crippen LogP contribution in [-0.2, 0) is 13.0 Å². The maximum Gasteiger partial charge on any atom is 0.263 e. The minimum absolute atomic E-state index is 0.142. The molecule has 0 aliphatic carbocycles. The molecule has 0 spiro atoms. The third-order valence-electron chi connectivity index (χ3n) is 7.28. The molecular weight excluding hydrogens is 525 g/mol. The highest BCUT2D eigenvalue weighted by atomic mass is 35.5. The Morgan fingerprint density at radius 2 is 1.66 bits per heavy atom. The molecule has 3 heterocycles. The molecule has 0 radical (unpaired) electrons. The van der Waals surface area contributed by atoms with Gasteiger partial charge in [0.15, 0.2) is 0 Å². The summed E-state index contributed by atoms with van der Waals surface area (Å²) in [7, 11) is 1.58. The van der Waals surface area contributed by atoms with Gasteiger partial charge in [0, 0.05) is 42.9 Å². The number of carbonyl (C=O) groups excluding carboxylic acids is 2. The summed E-state index contributed by atoms with van der Waals surface area (Å²) in [5.74, 6) is 0.193. The van der Waals surface area contributed by atoms with E-state index in [1.807, 2.05) is 6.92 Å². The van der Waals surface area contributed by atoms with Crippen molar-refractivity contribution in [1.82, 2.24) is 19.8 Å². The molecule has 1 N–H and O–H groups in total. The van der Waals surface area contributed by atoms with Gasteiger partial charge in [0.2, 0.25) is 5.95 Å². The molecule has 1 fully saturated rings. The van der Waals surface area contributed by atoms with Gasteiger partial charge in [0.1, 0.15) is 0 Å². The number of fused-ring (bicyclic) bond motifs is 1. The van der Waals surface area contributed by atoms with Crippen molar-refractivity contribution in [1.29, 1.82) is 0 Å². The summed E-state index contributed by atoms with van der Waals surface area (Å²) < 4.78 is 1.65. The number of hydrogen-bond acceptors (Lipinski definition) is 5. The zero-order valence-corrected chi connectivity index (χ0v) is 22.8. The first-order chi connectivity index (χ1) is 18.3. The highest BCUT2D eigenvalue weighted by Crippen LogP contribution is 2.29. The van der Waals surface area contributed by atoms with E-state index in [0.29, 0.717) is 50.5 Å². The van der Waals surface area contributed by atoms with Crippen LogP contribution in [0.25, 0.3) is 5.69 Å². The number of aromatic nitrogens is 2. The van der Waals surface area contributed by atoms with E-state index in [-0.39, 0.29) is 30.0 Å². The van der Waals surface area contributed by atoms with Crippen LogP contribution in [0.5, 0.6) is 0 Å². The fourth-order valence-electron chi connectivity index (χ4n) is 5.16. The predicted molar refractivity (Wildman–Crippen MR) is 149 cm³/mol. The smallest absolute Gasteiger partial charge is 0.263 e. The van der Waals surface area contributed by atoms with Crippen molar-refractivity contribution in [2.45, 2.75) is 45.2 Å². The lowest BCUT2D eigenvalue weighted by molar-refractivity contribution is 0.0653. The third-order valence-corrected chi connectivity index (χ3v) is 8.02. The first-order valence-corrected chi connectivity index (χ1v) is 13.5. The molecule has 10 heteroatoms. The highest BCUT2D eigenvalue weighted by Gasteiger charge is 2.33. The Bertz CT molecular complexity index is 1450. The summed E-state index contributed by atoms with van der Waals surface area (Å²) in [6.45, 7) is 3.74. The third kappa shape index (κ3) is 4.90. The highest BCUT2D eigenvalue weighted by molar-refractivity contribution is 6.42. The molecule has 0 bridgehead atoms. The molecule has 198 valence electrons. The Labute approximate surface area is 231 Å². The van der Waals surface area contributed by atoms with Gasteiger partial charge in [0.05, 0.1) is 28.0 Å². The second-order valence-corrected chi connectivity index (χ2v) is 10.6. The predicted octanol–water partition coefficient (Wildman–Crippen LogP) is 4.48. The second-order valence-electron chi connectivity index (χ2n) is 9.77. The normalized spacial score (nSPS) is 17.2. The molecule has 2 aromatic carbocycles. The molecule has 0 saturated carbocycles. The fourth-order valence-corrected chi connectivity index (χ4v) is 5.46. The van der Waals surface area contributed by atoms with Crippen LogP contribution in [-0.4, -0.2) is 52.4 Å². The fraction of sp³-hybridized carbons (Fsp3) is 0.357.